The predicted octanol–water partition coefficient (Wildman–Crippen LogP) is 0.447. The summed E-state index contributed by atoms with van der Waals surface area (Å²) in [5.41, 5.74) is 1.22. The summed E-state index contributed by atoms with van der Waals surface area (Å²) in [5, 5.41) is 9.65. The first-order valence-electron chi connectivity index (χ1n) is 8.82. The summed E-state index contributed by atoms with van der Waals surface area (Å²) < 4.78 is 2.92. The quantitative estimate of drug-likeness (QED) is 0.812. The number of aromatic nitrogens is 3. The molecule has 2 heterocycles. The molecule has 0 aliphatic carbocycles. The van der Waals surface area contributed by atoms with Crippen molar-refractivity contribution in [3.63, 3.8) is 0 Å². The SMILES string of the molecule is CNC(=O)c1ccc(CNC(=O)Cn2nc3n(c2=O)CCCCC3)cc1. The molecule has 138 valence electrons. The molecule has 0 saturated carbocycles. The Balaban J connectivity index is 1.58. The van der Waals surface area contributed by atoms with Crippen LogP contribution in [-0.4, -0.2) is 33.2 Å². The Morgan fingerprint density at radius 3 is 2.65 bits per heavy atom. The van der Waals surface area contributed by atoms with Crippen molar-refractivity contribution >= 4 is 11.8 Å². The molecule has 0 radical (unpaired) electrons. The van der Waals surface area contributed by atoms with E-state index in [4.69, 9.17) is 0 Å². The van der Waals surface area contributed by atoms with E-state index in [1.54, 1.807) is 35.9 Å². The Labute approximate surface area is 151 Å². The summed E-state index contributed by atoms with van der Waals surface area (Å²) in [6.07, 6.45) is 3.87. The van der Waals surface area contributed by atoms with Crippen molar-refractivity contribution in [3.05, 3.63) is 51.7 Å². The predicted molar refractivity (Wildman–Crippen MR) is 95.7 cm³/mol. The highest BCUT2D eigenvalue weighted by Gasteiger charge is 2.17. The maximum Gasteiger partial charge on any atom is 0.346 e. The van der Waals surface area contributed by atoms with Crippen LogP contribution in [0.5, 0.6) is 0 Å². The maximum absolute atomic E-state index is 12.4. The second kappa shape index (κ2) is 7.99. The highest BCUT2D eigenvalue weighted by atomic mass is 16.2. The van der Waals surface area contributed by atoms with Gasteiger partial charge in [0.1, 0.15) is 12.4 Å². The van der Waals surface area contributed by atoms with Crippen molar-refractivity contribution in [2.24, 2.45) is 0 Å². The zero-order valence-electron chi connectivity index (χ0n) is 14.8. The van der Waals surface area contributed by atoms with E-state index in [1.807, 2.05) is 0 Å². The number of amides is 2. The molecular formula is C18H23N5O3. The van der Waals surface area contributed by atoms with Crippen LogP contribution in [0, 0.1) is 0 Å². The zero-order valence-corrected chi connectivity index (χ0v) is 14.8. The third kappa shape index (κ3) is 4.01. The number of nitrogens with zero attached hydrogens (tertiary/aromatic N) is 3. The van der Waals surface area contributed by atoms with E-state index >= 15 is 0 Å². The second-order valence-corrected chi connectivity index (χ2v) is 6.37. The van der Waals surface area contributed by atoms with Crippen LogP contribution < -0.4 is 16.3 Å². The topological polar surface area (TPSA) is 98.0 Å². The summed E-state index contributed by atoms with van der Waals surface area (Å²) in [7, 11) is 1.58. The minimum atomic E-state index is -0.268. The van der Waals surface area contributed by atoms with E-state index < -0.39 is 0 Å². The van der Waals surface area contributed by atoms with Crippen LogP contribution in [0.1, 0.15) is 41.0 Å². The molecule has 2 amide bonds. The molecule has 2 aromatic rings. The third-order valence-corrected chi connectivity index (χ3v) is 4.51. The fraction of sp³-hybridized carbons (Fsp3) is 0.444. The van der Waals surface area contributed by atoms with E-state index in [2.05, 4.69) is 15.7 Å². The first kappa shape index (κ1) is 17.9. The number of hydrogen-bond acceptors (Lipinski definition) is 4. The Morgan fingerprint density at radius 2 is 1.92 bits per heavy atom. The molecular weight excluding hydrogens is 334 g/mol. The van der Waals surface area contributed by atoms with Crippen molar-refractivity contribution in [2.75, 3.05) is 7.05 Å². The van der Waals surface area contributed by atoms with Crippen molar-refractivity contribution in [3.8, 4) is 0 Å². The van der Waals surface area contributed by atoms with E-state index in [9.17, 15) is 14.4 Å². The molecule has 1 aromatic carbocycles. The summed E-state index contributed by atoms with van der Waals surface area (Å²) in [6.45, 7) is 0.914. The van der Waals surface area contributed by atoms with Gasteiger partial charge >= 0.3 is 5.69 Å². The van der Waals surface area contributed by atoms with Gasteiger partial charge < -0.3 is 10.6 Å². The minimum Gasteiger partial charge on any atom is -0.355 e. The molecule has 2 N–H and O–H groups in total. The fourth-order valence-electron chi connectivity index (χ4n) is 3.04. The van der Waals surface area contributed by atoms with Gasteiger partial charge in [-0.2, -0.15) is 5.10 Å². The second-order valence-electron chi connectivity index (χ2n) is 6.37. The van der Waals surface area contributed by atoms with Gasteiger partial charge in [-0.25, -0.2) is 9.48 Å². The van der Waals surface area contributed by atoms with Gasteiger partial charge in [0.15, 0.2) is 0 Å². The van der Waals surface area contributed by atoms with Crippen LogP contribution in [0.3, 0.4) is 0 Å². The Morgan fingerprint density at radius 1 is 1.15 bits per heavy atom. The normalized spacial score (nSPS) is 13.6. The van der Waals surface area contributed by atoms with Gasteiger partial charge in [-0.1, -0.05) is 18.6 Å². The number of rotatable bonds is 5. The molecule has 0 bridgehead atoms. The van der Waals surface area contributed by atoms with E-state index in [1.165, 1.54) is 4.68 Å². The number of aryl methyl sites for hydroxylation is 1. The Hall–Kier alpha value is -2.90. The van der Waals surface area contributed by atoms with Crippen LogP contribution in [0.15, 0.2) is 29.1 Å². The van der Waals surface area contributed by atoms with E-state index in [0.717, 1.165) is 37.1 Å². The largest absolute Gasteiger partial charge is 0.355 e. The average Bonchev–Trinajstić information content (AvgIpc) is 2.82. The minimum absolute atomic E-state index is 0.0881. The summed E-state index contributed by atoms with van der Waals surface area (Å²) in [6, 6.07) is 6.99. The van der Waals surface area contributed by atoms with Gasteiger partial charge in [0.05, 0.1) is 0 Å². The molecule has 0 spiro atoms. The molecule has 0 fully saturated rings. The number of hydrogen-bond donors (Lipinski definition) is 2. The highest BCUT2D eigenvalue weighted by molar-refractivity contribution is 5.93. The molecule has 0 atom stereocenters. The lowest BCUT2D eigenvalue weighted by atomic mass is 10.1. The Kier molecular flexibility index (Phi) is 5.50. The highest BCUT2D eigenvalue weighted by Crippen LogP contribution is 2.10. The van der Waals surface area contributed by atoms with Gasteiger partial charge in [-0.15, -0.1) is 0 Å². The lowest BCUT2D eigenvalue weighted by Gasteiger charge is -2.06. The van der Waals surface area contributed by atoms with Crippen molar-refractivity contribution in [1.82, 2.24) is 25.0 Å². The molecule has 26 heavy (non-hydrogen) atoms. The van der Waals surface area contributed by atoms with Gasteiger partial charge in [-0.05, 0) is 30.5 Å². The van der Waals surface area contributed by atoms with Crippen LogP contribution >= 0.6 is 0 Å². The molecule has 0 saturated heterocycles. The van der Waals surface area contributed by atoms with Crippen LogP contribution in [0.4, 0.5) is 0 Å². The molecule has 3 rings (SSSR count). The van der Waals surface area contributed by atoms with E-state index in [0.29, 0.717) is 18.7 Å². The number of nitrogens with one attached hydrogen (secondary N) is 2. The summed E-state index contributed by atoms with van der Waals surface area (Å²) >= 11 is 0. The monoisotopic (exact) mass is 357 g/mol. The maximum atomic E-state index is 12.4. The molecule has 8 heteroatoms. The molecule has 0 unspecified atom stereocenters. The molecule has 1 aliphatic rings. The van der Waals surface area contributed by atoms with Crippen molar-refractivity contribution in [2.45, 2.75) is 45.3 Å². The lowest BCUT2D eigenvalue weighted by molar-refractivity contribution is -0.122. The first-order chi connectivity index (χ1) is 12.6. The Bertz CT molecular complexity index is 851. The fourth-order valence-corrected chi connectivity index (χ4v) is 3.04. The van der Waals surface area contributed by atoms with Crippen molar-refractivity contribution < 1.29 is 9.59 Å². The summed E-state index contributed by atoms with van der Waals surface area (Å²) in [4.78, 5) is 36.0. The molecule has 1 aromatic heterocycles. The number of benzene rings is 1. The molecule has 8 nitrogen and oxygen atoms in total. The zero-order chi connectivity index (χ0) is 18.5. The number of carbonyl (C=O) groups excluding carboxylic acids is 2. The first-order valence-corrected chi connectivity index (χ1v) is 8.82. The number of carbonyl (C=O) groups is 2. The molecule has 1 aliphatic heterocycles. The third-order valence-electron chi connectivity index (χ3n) is 4.51. The lowest BCUT2D eigenvalue weighted by Crippen LogP contribution is -2.33. The van der Waals surface area contributed by atoms with Gasteiger partial charge in [0.2, 0.25) is 5.91 Å². The van der Waals surface area contributed by atoms with Gasteiger partial charge in [-0.3, -0.25) is 14.2 Å². The number of fused-ring (bicyclic) bond motifs is 1. The van der Waals surface area contributed by atoms with Crippen molar-refractivity contribution in [1.29, 1.82) is 0 Å². The average molecular weight is 357 g/mol. The standard InChI is InChI=1S/C18H23N5O3/c1-19-17(25)14-8-6-13(7-9-14)11-20-16(24)12-23-18(26)22-10-4-2-3-5-15(22)21-23/h6-9H,2-5,10-12H2,1H3,(H,19,25)(H,20,24). The van der Waals surface area contributed by atoms with Crippen LogP contribution in [0.25, 0.3) is 0 Å². The van der Waals surface area contributed by atoms with E-state index in [-0.39, 0.29) is 24.0 Å². The summed E-state index contributed by atoms with van der Waals surface area (Å²) in [5.74, 6) is 0.348. The van der Waals surface area contributed by atoms with Gasteiger partial charge in [0.25, 0.3) is 5.91 Å². The van der Waals surface area contributed by atoms with Gasteiger partial charge in [0, 0.05) is 32.1 Å². The smallest absolute Gasteiger partial charge is 0.346 e. The van der Waals surface area contributed by atoms with Crippen LogP contribution in [0.2, 0.25) is 0 Å². The van der Waals surface area contributed by atoms with Crippen LogP contribution in [-0.2, 0) is 30.8 Å².